The Morgan fingerprint density at radius 2 is 1.80 bits per heavy atom. The van der Waals surface area contributed by atoms with Crippen molar-refractivity contribution in [3.05, 3.63) is 77.5 Å². The fourth-order valence-corrected chi connectivity index (χ4v) is 3.94. The quantitative estimate of drug-likeness (QED) is 0.640. The zero-order valence-electron chi connectivity index (χ0n) is 14.6. The molecule has 25 heavy (non-hydrogen) atoms. The topological polar surface area (TPSA) is 32.9 Å². The molecule has 126 valence electrons. The van der Waals surface area contributed by atoms with Crippen molar-refractivity contribution in [3.8, 4) is 0 Å². The number of carbonyl (C=O) groups excluding carboxylic acids is 1. The molecule has 1 aromatic heterocycles. The smallest absolute Gasteiger partial charge is 0.156 e. The van der Waals surface area contributed by atoms with Crippen molar-refractivity contribution >= 4 is 22.3 Å². The maximum atomic E-state index is 12.7. The fraction of sp³-hybridized carbons (Fsp3) is 0.261. The number of benzene rings is 2. The molecule has 0 spiro atoms. The summed E-state index contributed by atoms with van der Waals surface area (Å²) in [5.74, 6) is 0.337. The lowest BCUT2D eigenvalue weighted by Crippen LogP contribution is -2.05. The Morgan fingerprint density at radius 1 is 1.04 bits per heavy atom. The van der Waals surface area contributed by atoms with Crippen molar-refractivity contribution in [2.45, 2.75) is 38.5 Å². The van der Waals surface area contributed by atoms with Gasteiger partial charge in [-0.05, 0) is 41.7 Å². The number of fused-ring (bicyclic) bond motifs is 3. The van der Waals surface area contributed by atoms with E-state index in [9.17, 15) is 4.79 Å². The molecule has 2 nitrogen and oxygen atoms in total. The maximum absolute atomic E-state index is 12.7. The van der Waals surface area contributed by atoms with Crippen LogP contribution >= 0.6 is 0 Å². The van der Waals surface area contributed by atoms with Crippen molar-refractivity contribution in [2.24, 2.45) is 0 Å². The van der Waals surface area contributed by atoms with E-state index in [1.54, 1.807) is 0 Å². The Bertz CT molecular complexity index is 933. The first-order valence-corrected chi connectivity index (χ1v) is 9.17. The minimum atomic E-state index is 0.107. The molecule has 3 aromatic rings. The first kappa shape index (κ1) is 15.9. The van der Waals surface area contributed by atoms with Crippen molar-refractivity contribution in [1.29, 1.82) is 0 Å². The number of rotatable bonds is 4. The Morgan fingerprint density at radius 3 is 2.60 bits per heavy atom. The van der Waals surface area contributed by atoms with Gasteiger partial charge >= 0.3 is 0 Å². The van der Waals surface area contributed by atoms with Crippen LogP contribution in [0.4, 0.5) is 0 Å². The first-order valence-electron chi connectivity index (χ1n) is 9.17. The van der Waals surface area contributed by atoms with E-state index in [4.69, 9.17) is 0 Å². The van der Waals surface area contributed by atoms with Gasteiger partial charge in [-0.15, -0.1) is 0 Å². The number of hydrogen-bond donors (Lipinski definition) is 1. The van der Waals surface area contributed by atoms with Crippen LogP contribution in [0.3, 0.4) is 0 Å². The van der Waals surface area contributed by atoms with Crippen LogP contribution in [0.2, 0.25) is 0 Å². The normalized spacial score (nSPS) is 17.2. The maximum Gasteiger partial charge on any atom is 0.156 e. The molecular weight excluding hydrogens is 306 g/mol. The number of unbranched alkanes of at least 4 members (excludes halogenated alkanes) is 1. The third-order valence-electron chi connectivity index (χ3n) is 5.16. The second-order valence-corrected chi connectivity index (χ2v) is 6.87. The highest BCUT2D eigenvalue weighted by atomic mass is 16.1. The monoisotopic (exact) mass is 329 g/mol. The molecule has 1 atom stereocenters. The Balaban J connectivity index is 1.94. The summed E-state index contributed by atoms with van der Waals surface area (Å²) in [4.78, 5) is 16.3. The largest absolute Gasteiger partial charge is 0.355 e. The lowest BCUT2D eigenvalue weighted by Gasteiger charge is -2.16. The van der Waals surface area contributed by atoms with Crippen LogP contribution in [0.25, 0.3) is 16.5 Å². The van der Waals surface area contributed by atoms with Crippen molar-refractivity contribution < 1.29 is 4.79 Å². The molecule has 1 unspecified atom stereocenters. The molecule has 1 N–H and O–H groups in total. The van der Waals surface area contributed by atoms with Crippen LogP contribution in [0.1, 0.15) is 55.3 Å². The lowest BCUT2D eigenvalue weighted by atomic mass is 9.86. The van der Waals surface area contributed by atoms with Crippen molar-refractivity contribution in [1.82, 2.24) is 4.98 Å². The predicted octanol–water partition coefficient (Wildman–Crippen LogP) is 5.85. The number of nitrogens with one attached hydrogen (secondary N) is 1. The van der Waals surface area contributed by atoms with Gasteiger partial charge in [-0.25, -0.2) is 0 Å². The highest BCUT2D eigenvalue weighted by Crippen LogP contribution is 2.42. The van der Waals surface area contributed by atoms with Crippen LogP contribution < -0.4 is 0 Å². The van der Waals surface area contributed by atoms with Crippen LogP contribution in [0.5, 0.6) is 0 Å². The first-order chi connectivity index (χ1) is 12.3. The average Bonchev–Trinajstić information content (AvgIpc) is 2.96. The number of H-pyrrole nitrogens is 1. The number of allylic oxidation sites excluding steroid dienone is 2. The molecule has 0 saturated heterocycles. The molecule has 1 aliphatic carbocycles. The van der Waals surface area contributed by atoms with Gasteiger partial charge in [0.1, 0.15) is 0 Å². The Kier molecular flexibility index (Phi) is 4.27. The van der Waals surface area contributed by atoms with Gasteiger partial charge < -0.3 is 4.98 Å². The number of aromatic amines is 1. The van der Waals surface area contributed by atoms with Gasteiger partial charge in [0.2, 0.25) is 0 Å². The van der Waals surface area contributed by atoms with Gasteiger partial charge in [0.25, 0.3) is 0 Å². The lowest BCUT2D eigenvalue weighted by molar-refractivity contribution is -0.114. The molecular formula is C23H23NO. The van der Waals surface area contributed by atoms with E-state index in [1.807, 2.05) is 12.1 Å². The average molecular weight is 329 g/mol. The second kappa shape index (κ2) is 6.72. The summed E-state index contributed by atoms with van der Waals surface area (Å²) in [6.45, 7) is 2.19. The molecule has 0 radical (unpaired) electrons. The number of carbonyl (C=O) groups is 1. The van der Waals surface area contributed by atoms with Gasteiger partial charge in [0.05, 0.1) is 0 Å². The number of ketones is 1. The molecule has 0 bridgehead atoms. The van der Waals surface area contributed by atoms with E-state index in [1.165, 1.54) is 16.5 Å². The third-order valence-corrected chi connectivity index (χ3v) is 5.16. The molecule has 0 aliphatic heterocycles. The highest BCUT2D eigenvalue weighted by molar-refractivity contribution is 6.02. The molecule has 1 aliphatic rings. The third kappa shape index (κ3) is 2.93. The van der Waals surface area contributed by atoms with E-state index in [0.29, 0.717) is 6.42 Å². The molecule has 0 amide bonds. The second-order valence-electron chi connectivity index (χ2n) is 6.87. The number of para-hydroxylation sites is 1. The van der Waals surface area contributed by atoms with E-state index < -0.39 is 0 Å². The van der Waals surface area contributed by atoms with Gasteiger partial charge in [-0.1, -0.05) is 61.9 Å². The minimum Gasteiger partial charge on any atom is -0.355 e. The summed E-state index contributed by atoms with van der Waals surface area (Å²) in [7, 11) is 0. The van der Waals surface area contributed by atoms with E-state index >= 15 is 0 Å². The zero-order chi connectivity index (χ0) is 17.2. The summed E-state index contributed by atoms with van der Waals surface area (Å²) in [6.07, 6.45) is 5.60. The van der Waals surface area contributed by atoms with Gasteiger partial charge in [-0.3, -0.25) is 4.79 Å². The van der Waals surface area contributed by atoms with Crippen LogP contribution in [-0.2, 0) is 4.79 Å². The molecule has 2 aromatic carbocycles. The predicted molar refractivity (Wildman–Crippen MR) is 104 cm³/mol. The van der Waals surface area contributed by atoms with Gasteiger partial charge in [0.15, 0.2) is 5.78 Å². The molecule has 1 heterocycles. The van der Waals surface area contributed by atoms with E-state index in [-0.39, 0.29) is 11.7 Å². The van der Waals surface area contributed by atoms with E-state index in [0.717, 1.165) is 36.0 Å². The summed E-state index contributed by atoms with van der Waals surface area (Å²) < 4.78 is 0. The van der Waals surface area contributed by atoms with Gasteiger partial charge in [0, 0.05) is 28.9 Å². The Hall–Kier alpha value is -2.61. The van der Waals surface area contributed by atoms with Crippen LogP contribution in [0, 0.1) is 0 Å². The summed E-state index contributed by atoms with van der Waals surface area (Å²) >= 11 is 0. The highest BCUT2D eigenvalue weighted by Gasteiger charge is 2.28. The van der Waals surface area contributed by atoms with Crippen molar-refractivity contribution in [3.63, 3.8) is 0 Å². The fourth-order valence-electron chi connectivity index (χ4n) is 3.94. The summed E-state index contributed by atoms with van der Waals surface area (Å²) in [6, 6.07) is 18.9. The standard InChI is InChI=1S/C23H23NO/c1-2-3-9-17-14-18(25)15-20(16-10-5-4-6-11-16)22-19-12-7-8-13-21(19)24-23(17)22/h4-8,10-14,20,24H,2-3,9,15H2,1H3. The zero-order valence-corrected chi connectivity index (χ0v) is 14.6. The summed E-state index contributed by atoms with van der Waals surface area (Å²) in [5, 5.41) is 1.24. The molecule has 0 fully saturated rings. The number of hydrogen-bond acceptors (Lipinski definition) is 1. The molecule has 0 saturated carbocycles. The SMILES string of the molecule is CCCCC1=CC(=O)CC(c2ccccc2)c2c1[nH]c1ccccc21. The van der Waals surface area contributed by atoms with E-state index in [2.05, 4.69) is 60.4 Å². The molecule has 2 heteroatoms. The van der Waals surface area contributed by atoms with Crippen LogP contribution in [0.15, 0.2) is 60.7 Å². The van der Waals surface area contributed by atoms with Gasteiger partial charge in [-0.2, -0.15) is 0 Å². The molecule has 4 rings (SSSR count). The summed E-state index contributed by atoms with van der Waals surface area (Å²) in [5.41, 5.74) is 5.98. The minimum absolute atomic E-state index is 0.107. The van der Waals surface area contributed by atoms with Crippen molar-refractivity contribution in [2.75, 3.05) is 0 Å². The number of aromatic nitrogens is 1. The van der Waals surface area contributed by atoms with Crippen LogP contribution in [-0.4, -0.2) is 10.8 Å². The Labute approximate surface area is 148 Å².